The van der Waals surface area contributed by atoms with Crippen molar-refractivity contribution in [2.45, 2.75) is 18.1 Å². The van der Waals surface area contributed by atoms with Crippen molar-refractivity contribution >= 4 is 34.9 Å². The van der Waals surface area contributed by atoms with E-state index in [1.807, 2.05) is 33.0 Å². The predicted molar refractivity (Wildman–Crippen MR) is 55.6 cm³/mol. The Balaban J connectivity index is 0.000000461. The second-order valence-corrected chi connectivity index (χ2v) is 4.39. The van der Waals surface area contributed by atoms with Crippen molar-refractivity contribution in [3.63, 3.8) is 0 Å². The summed E-state index contributed by atoms with van der Waals surface area (Å²) in [7, 11) is 1.89. The largest absolute Gasteiger partial charge is 0.262 e. The van der Waals surface area contributed by atoms with Gasteiger partial charge in [-0.25, -0.2) is 0 Å². The van der Waals surface area contributed by atoms with Crippen LogP contribution in [0, 0.1) is 0 Å². The van der Waals surface area contributed by atoms with E-state index in [9.17, 15) is 0 Å². The van der Waals surface area contributed by atoms with Gasteiger partial charge >= 0.3 is 0 Å². The lowest BCUT2D eigenvalue weighted by Crippen LogP contribution is -1.87. The number of hydrogen-bond acceptors (Lipinski definition) is 3. The first-order chi connectivity index (χ1) is 5.33. The summed E-state index contributed by atoms with van der Waals surface area (Å²) in [5.74, 6) is 0. The van der Waals surface area contributed by atoms with Crippen molar-refractivity contribution in [2.24, 2.45) is 0 Å². The van der Waals surface area contributed by atoms with E-state index < -0.39 is 0 Å². The van der Waals surface area contributed by atoms with Crippen molar-refractivity contribution in [2.75, 3.05) is 7.05 Å². The van der Waals surface area contributed by atoms with Crippen LogP contribution in [-0.4, -0.2) is 7.05 Å². The third kappa shape index (κ3) is 4.69. The third-order valence-corrected chi connectivity index (χ3v) is 2.82. The van der Waals surface area contributed by atoms with Gasteiger partial charge in [0.05, 0.1) is 8.55 Å². The topological polar surface area (TPSA) is 12.0 Å². The molecule has 11 heavy (non-hydrogen) atoms. The molecule has 4 heteroatoms. The highest BCUT2D eigenvalue weighted by molar-refractivity contribution is 7.99. The first kappa shape index (κ1) is 11.3. The fraction of sp³-hybridized carbons (Fsp3) is 0.429. The van der Waals surface area contributed by atoms with Gasteiger partial charge in [-0.3, -0.25) is 4.72 Å². The van der Waals surface area contributed by atoms with Crippen LogP contribution in [0.1, 0.15) is 13.8 Å². The van der Waals surface area contributed by atoms with Crippen LogP contribution < -0.4 is 4.72 Å². The molecule has 1 heterocycles. The molecule has 0 atom stereocenters. The van der Waals surface area contributed by atoms with Gasteiger partial charge in [0.2, 0.25) is 0 Å². The standard InChI is InChI=1S/C5H6ClNS2.C2H6/c1-7-9-5-3-2-4(6)8-5;1-2/h2-3,7H,1H3;1-2H3. The second-order valence-electron chi connectivity index (χ2n) is 1.36. The number of halogens is 1. The van der Waals surface area contributed by atoms with Crippen molar-refractivity contribution in [3.05, 3.63) is 16.5 Å². The highest BCUT2D eigenvalue weighted by atomic mass is 35.5. The Labute approximate surface area is 81.3 Å². The average molecular weight is 210 g/mol. The molecule has 0 aromatic carbocycles. The molecule has 1 nitrogen and oxygen atoms in total. The van der Waals surface area contributed by atoms with Crippen LogP contribution in [0.25, 0.3) is 0 Å². The molecule has 64 valence electrons. The Hall–Kier alpha value is 0.300. The minimum atomic E-state index is 0.841. The molecular formula is C7H12ClNS2. The smallest absolute Gasteiger partial charge is 0.0940 e. The fourth-order valence-corrected chi connectivity index (χ4v) is 2.39. The van der Waals surface area contributed by atoms with Crippen molar-refractivity contribution < 1.29 is 0 Å². The Kier molecular flexibility index (Phi) is 7.17. The third-order valence-electron chi connectivity index (χ3n) is 0.751. The minimum Gasteiger partial charge on any atom is -0.262 e. The van der Waals surface area contributed by atoms with Crippen molar-refractivity contribution in [1.82, 2.24) is 4.72 Å². The molecule has 0 spiro atoms. The van der Waals surface area contributed by atoms with Crippen LogP contribution in [0.5, 0.6) is 0 Å². The summed E-state index contributed by atoms with van der Waals surface area (Å²) in [4.78, 5) is 0. The normalized spacial score (nSPS) is 8.73. The zero-order chi connectivity index (χ0) is 8.69. The number of thiophene rings is 1. The van der Waals surface area contributed by atoms with Gasteiger partial charge in [0.25, 0.3) is 0 Å². The first-order valence-corrected chi connectivity index (χ1v) is 5.43. The summed E-state index contributed by atoms with van der Waals surface area (Å²) < 4.78 is 5.00. The first-order valence-electron chi connectivity index (χ1n) is 3.42. The van der Waals surface area contributed by atoms with Crippen molar-refractivity contribution in [3.8, 4) is 0 Å². The highest BCUT2D eigenvalue weighted by Gasteiger charge is 1.94. The Morgan fingerprint density at radius 3 is 2.45 bits per heavy atom. The van der Waals surface area contributed by atoms with Gasteiger partial charge in [0, 0.05) is 0 Å². The summed E-state index contributed by atoms with van der Waals surface area (Å²) in [6.07, 6.45) is 0. The van der Waals surface area contributed by atoms with E-state index in [1.165, 1.54) is 4.21 Å². The summed E-state index contributed by atoms with van der Waals surface area (Å²) in [5.41, 5.74) is 0. The van der Waals surface area contributed by atoms with Gasteiger partial charge < -0.3 is 0 Å². The molecule has 1 rings (SSSR count). The van der Waals surface area contributed by atoms with E-state index in [0.717, 1.165) is 4.34 Å². The summed E-state index contributed by atoms with van der Waals surface area (Å²) in [5, 5.41) is 0. The SMILES string of the molecule is CC.CNSc1ccc(Cl)s1. The molecule has 0 saturated carbocycles. The molecule has 1 N–H and O–H groups in total. The molecule has 0 fully saturated rings. The zero-order valence-electron chi connectivity index (χ0n) is 6.85. The molecule has 0 amide bonds. The summed E-state index contributed by atoms with van der Waals surface area (Å²) >= 11 is 8.83. The monoisotopic (exact) mass is 209 g/mol. The number of rotatable bonds is 2. The molecule has 0 radical (unpaired) electrons. The van der Waals surface area contributed by atoms with Gasteiger partial charge in [-0.15, -0.1) is 11.3 Å². The van der Waals surface area contributed by atoms with Gasteiger partial charge in [0.1, 0.15) is 0 Å². The van der Waals surface area contributed by atoms with Gasteiger partial charge in [-0.1, -0.05) is 25.4 Å². The van der Waals surface area contributed by atoms with Crippen molar-refractivity contribution in [1.29, 1.82) is 0 Å². The number of nitrogens with one attached hydrogen (secondary N) is 1. The highest BCUT2D eigenvalue weighted by Crippen LogP contribution is 2.27. The zero-order valence-corrected chi connectivity index (χ0v) is 9.24. The fourth-order valence-electron chi connectivity index (χ4n) is 0.453. The predicted octanol–water partition coefficient (Wildman–Crippen LogP) is 3.65. The Bertz CT molecular complexity index is 188. The summed E-state index contributed by atoms with van der Waals surface area (Å²) in [6.45, 7) is 4.00. The maximum atomic E-state index is 5.67. The molecule has 0 aliphatic rings. The lowest BCUT2D eigenvalue weighted by Gasteiger charge is -1.88. The Morgan fingerprint density at radius 2 is 2.09 bits per heavy atom. The van der Waals surface area contributed by atoms with Crippen LogP contribution in [0.3, 0.4) is 0 Å². The van der Waals surface area contributed by atoms with E-state index in [0.29, 0.717) is 0 Å². The minimum absolute atomic E-state index is 0.841. The Morgan fingerprint density at radius 1 is 1.45 bits per heavy atom. The maximum absolute atomic E-state index is 5.67. The lowest BCUT2D eigenvalue weighted by molar-refractivity contribution is 1.29. The summed E-state index contributed by atoms with van der Waals surface area (Å²) in [6, 6.07) is 3.89. The quantitative estimate of drug-likeness (QED) is 0.747. The van der Waals surface area contributed by atoms with Gasteiger partial charge in [-0.2, -0.15) is 0 Å². The molecule has 0 saturated heterocycles. The molecule has 0 unspecified atom stereocenters. The molecule has 0 aliphatic heterocycles. The molecule has 0 aliphatic carbocycles. The van der Waals surface area contributed by atoms with E-state index in [2.05, 4.69) is 4.72 Å². The van der Waals surface area contributed by atoms with Gasteiger partial charge in [-0.05, 0) is 31.1 Å². The maximum Gasteiger partial charge on any atom is 0.0940 e. The van der Waals surface area contributed by atoms with Crippen LogP contribution in [-0.2, 0) is 0 Å². The van der Waals surface area contributed by atoms with Crippen LogP contribution >= 0.6 is 34.9 Å². The van der Waals surface area contributed by atoms with E-state index in [1.54, 1.807) is 23.3 Å². The lowest BCUT2D eigenvalue weighted by atomic mass is 10.7. The number of hydrogen-bond donors (Lipinski definition) is 1. The molecular weight excluding hydrogens is 198 g/mol. The van der Waals surface area contributed by atoms with Crippen LogP contribution in [0.2, 0.25) is 4.34 Å². The van der Waals surface area contributed by atoms with Gasteiger partial charge in [0.15, 0.2) is 0 Å². The molecule has 1 aromatic heterocycles. The van der Waals surface area contributed by atoms with E-state index in [-0.39, 0.29) is 0 Å². The van der Waals surface area contributed by atoms with Crippen LogP contribution in [0.15, 0.2) is 16.3 Å². The van der Waals surface area contributed by atoms with E-state index in [4.69, 9.17) is 11.6 Å². The van der Waals surface area contributed by atoms with E-state index >= 15 is 0 Å². The molecule has 0 bridgehead atoms. The van der Waals surface area contributed by atoms with Crippen LogP contribution in [0.4, 0.5) is 0 Å². The molecule has 1 aromatic rings. The second kappa shape index (κ2) is 6.98. The average Bonchev–Trinajstić information content (AvgIpc) is 2.41.